The molecule has 0 spiro atoms. The molecule has 2 aromatic carbocycles. The predicted octanol–water partition coefficient (Wildman–Crippen LogP) is 4.75. The third kappa shape index (κ3) is 8.18. The number of hydrogen-bond donors (Lipinski definition) is 3. The van der Waals surface area contributed by atoms with Crippen LogP contribution >= 0.6 is 0 Å². The van der Waals surface area contributed by atoms with Gasteiger partial charge in [0.25, 0.3) is 0 Å². The Morgan fingerprint density at radius 3 is 2.25 bits per heavy atom. The van der Waals surface area contributed by atoms with Crippen LogP contribution in [-0.2, 0) is 16.1 Å². The number of nitrogens with two attached hydrogens (primary N) is 1. The minimum atomic E-state index is -0.344. The van der Waals surface area contributed by atoms with Crippen molar-refractivity contribution in [3.63, 3.8) is 0 Å². The van der Waals surface area contributed by atoms with Crippen LogP contribution in [-0.4, -0.2) is 47.5 Å². The molecular formula is C29H42N4O3. The van der Waals surface area contributed by atoms with Crippen molar-refractivity contribution in [2.45, 2.75) is 65.5 Å². The summed E-state index contributed by atoms with van der Waals surface area (Å²) in [6.07, 6.45) is 3.89. The van der Waals surface area contributed by atoms with Gasteiger partial charge in [-0.15, -0.1) is 0 Å². The Hall–Kier alpha value is -3.22. The summed E-state index contributed by atoms with van der Waals surface area (Å²) in [5.41, 5.74) is 8.72. The van der Waals surface area contributed by atoms with Gasteiger partial charge in [-0.2, -0.15) is 0 Å². The van der Waals surface area contributed by atoms with Gasteiger partial charge in [-0.1, -0.05) is 32.9 Å². The Balaban J connectivity index is 1.57. The number of phenols is 1. The minimum absolute atomic E-state index is 0.124. The van der Waals surface area contributed by atoms with E-state index in [0.717, 1.165) is 50.1 Å². The van der Waals surface area contributed by atoms with E-state index < -0.39 is 0 Å². The van der Waals surface area contributed by atoms with Crippen LogP contribution in [0.15, 0.2) is 48.5 Å². The van der Waals surface area contributed by atoms with Gasteiger partial charge in [0.15, 0.2) is 0 Å². The van der Waals surface area contributed by atoms with Crippen LogP contribution in [0.5, 0.6) is 5.75 Å². The number of carbonyl (C=O) groups is 2. The summed E-state index contributed by atoms with van der Waals surface area (Å²) in [4.78, 5) is 28.4. The molecule has 196 valence electrons. The predicted molar refractivity (Wildman–Crippen MR) is 146 cm³/mol. The number of amides is 2. The topological polar surface area (TPSA) is 98.9 Å². The van der Waals surface area contributed by atoms with Crippen molar-refractivity contribution in [1.29, 1.82) is 0 Å². The highest BCUT2D eigenvalue weighted by Crippen LogP contribution is 2.27. The molecule has 1 saturated heterocycles. The highest BCUT2D eigenvalue weighted by atomic mass is 16.3. The lowest BCUT2D eigenvalue weighted by atomic mass is 9.99. The van der Waals surface area contributed by atoms with Crippen LogP contribution in [0.4, 0.5) is 11.4 Å². The lowest BCUT2D eigenvalue weighted by Gasteiger charge is -2.40. The highest BCUT2D eigenvalue weighted by Gasteiger charge is 2.27. The number of likely N-dealkylation sites (tertiary alicyclic amines) is 1. The van der Waals surface area contributed by atoms with Crippen molar-refractivity contribution in [1.82, 2.24) is 4.90 Å². The number of aromatic hydroxyl groups is 1. The van der Waals surface area contributed by atoms with Gasteiger partial charge in [0.1, 0.15) is 5.75 Å². The van der Waals surface area contributed by atoms with Crippen LogP contribution < -0.4 is 16.0 Å². The van der Waals surface area contributed by atoms with E-state index in [9.17, 15) is 14.7 Å². The summed E-state index contributed by atoms with van der Waals surface area (Å²) in [6, 6.07) is 16.2. The SMILES string of the molecule is CC(C)CCN(c1ccc(NCc2ccc(O)cc2)cc1)C1CCN(C(=O)CCC(C)C(N)=O)CC1. The molecule has 0 aromatic heterocycles. The van der Waals surface area contributed by atoms with Crippen LogP contribution in [0.25, 0.3) is 0 Å². The van der Waals surface area contributed by atoms with Gasteiger partial charge >= 0.3 is 0 Å². The molecule has 1 heterocycles. The average molecular weight is 495 g/mol. The Bertz CT molecular complexity index is 967. The van der Waals surface area contributed by atoms with Crippen molar-refractivity contribution in [2.24, 2.45) is 17.6 Å². The summed E-state index contributed by atoms with van der Waals surface area (Å²) in [6.45, 7) is 9.47. The molecule has 3 rings (SSSR count). The van der Waals surface area contributed by atoms with Crippen molar-refractivity contribution >= 4 is 23.2 Å². The molecule has 36 heavy (non-hydrogen) atoms. The van der Waals surface area contributed by atoms with Gasteiger partial charge in [-0.3, -0.25) is 9.59 Å². The van der Waals surface area contributed by atoms with E-state index in [0.29, 0.717) is 31.3 Å². The zero-order valence-corrected chi connectivity index (χ0v) is 22.0. The number of piperidine rings is 1. The van der Waals surface area contributed by atoms with Crippen LogP contribution in [0.2, 0.25) is 0 Å². The molecule has 2 amide bonds. The molecule has 7 nitrogen and oxygen atoms in total. The molecule has 7 heteroatoms. The standard InChI is InChI=1S/C29H42N4O3/c1-21(2)14-19-33(26-15-17-32(18-16-26)28(35)13-4-22(3)29(30)36)25-9-7-24(8-10-25)31-20-23-5-11-27(34)12-6-23/h5-12,21-22,26,31,34H,4,13-20H2,1-3H3,(H2,30,36). The maximum absolute atomic E-state index is 12.6. The van der Waals surface area contributed by atoms with Gasteiger partial charge in [-0.25, -0.2) is 0 Å². The summed E-state index contributed by atoms with van der Waals surface area (Å²) < 4.78 is 0. The van der Waals surface area contributed by atoms with E-state index in [1.165, 1.54) is 5.69 Å². The molecule has 1 atom stereocenters. The second-order valence-corrected chi connectivity index (χ2v) is 10.4. The molecule has 1 fully saturated rings. The highest BCUT2D eigenvalue weighted by molar-refractivity contribution is 5.79. The van der Waals surface area contributed by atoms with Gasteiger partial charge in [0, 0.05) is 55.9 Å². The van der Waals surface area contributed by atoms with E-state index in [1.807, 2.05) is 17.0 Å². The van der Waals surface area contributed by atoms with E-state index >= 15 is 0 Å². The average Bonchev–Trinajstić information content (AvgIpc) is 2.87. The fraction of sp³-hybridized carbons (Fsp3) is 0.517. The summed E-state index contributed by atoms with van der Waals surface area (Å²) in [5, 5.41) is 12.9. The molecule has 1 aliphatic rings. The van der Waals surface area contributed by atoms with Crippen LogP contribution in [0.1, 0.15) is 58.4 Å². The number of phenolic OH excluding ortho intramolecular Hbond substituents is 1. The van der Waals surface area contributed by atoms with Crippen molar-refractivity contribution in [3.8, 4) is 5.75 Å². The fourth-order valence-electron chi connectivity index (χ4n) is 4.58. The lowest BCUT2D eigenvalue weighted by Crippen LogP contribution is -2.47. The molecule has 1 aliphatic heterocycles. The number of anilines is 2. The lowest BCUT2D eigenvalue weighted by molar-refractivity contribution is -0.132. The number of rotatable bonds is 12. The first kappa shape index (κ1) is 27.4. The zero-order valence-electron chi connectivity index (χ0n) is 22.0. The number of benzene rings is 2. The smallest absolute Gasteiger partial charge is 0.222 e. The van der Waals surface area contributed by atoms with E-state index in [4.69, 9.17) is 5.73 Å². The minimum Gasteiger partial charge on any atom is -0.508 e. The maximum Gasteiger partial charge on any atom is 0.222 e. The van der Waals surface area contributed by atoms with E-state index in [2.05, 4.69) is 48.3 Å². The van der Waals surface area contributed by atoms with Crippen molar-refractivity contribution < 1.29 is 14.7 Å². The zero-order chi connectivity index (χ0) is 26.1. The number of carbonyl (C=O) groups excluding carboxylic acids is 2. The third-order valence-electron chi connectivity index (χ3n) is 7.11. The summed E-state index contributed by atoms with van der Waals surface area (Å²) >= 11 is 0. The second-order valence-electron chi connectivity index (χ2n) is 10.4. The molecular weight excluding hydrogens is 452 g/mol. The fourth-order valence-corrected chi connectivity index (χ4v) is 4.58. The molecule has 4 N–H and O–H groups in total. The Morgan fingerprint density at radius 2 is 1.67 bits per heavy atom. The summed E-state index contributed by atoms with van der Waals surface area (Å²) in [7, 11) is 0. The summed E-state index contributed by atoms with van der Waals surface area (Å²) in [5.74, 6) is 0.407. The molecule has 0 bridgehead atoms. The molecule has 0 aliphatic carbocycles. The van der Waals surface area contributed by atoms with Crippen LogP contribution in [0, 0.1) is 11.8 Å². The van der Waals surface area contributed by atoms with Gasteiger partial charge < -0.3 is 26.0 Å². The first-order valence-corrected chi connectivity index (χ1v) is 13.2. The molecule has 0 saturated carbocycles. The van der Waals surface area contributed by atoms with Gasteiger partial charge in [0.05, 0.1) is 0 Å². The van der Waals surface area contributed by atoms with Crippen LogP contribution in [0.3, 0.4) is 0 Å². The quantitative estimate of drug-likeness (QED) is 0.396. The Kier molecular flexibility index (Phi) is 10.0. The first-order valence-electron chi connectivity index (χ1n) is 13.2. The first-order chi connectivity index (χ1) is 17.2. The number of nitrogens with zero attached hydrogens (tertiary/aromatic N) is 2. The number of nitrogens with one attached hydrogen (secondary N) is 1. The second kappa shape index (κ2) is 13.2. The van der Waals surface area contributed by atoms with Gasteiger partial charge in [-0.05, 0) is 73.6 Å². The molecule has 0 radical (unpaired) electrons. The van der Waals surface area contributed by atoms with Crippen molar-refractivity contribution in [3.05, 3.63) is 54.1 Å². The van der Waals surface area contributed by atoms with Gasteiger partial charge in [0.2, 0.25) is 11.8 Å². The number of hydrogen-bond acceptors (Lipinski definition) is 5. The Labute approximate surface area is 215 Å². The largest absolute Gasteiger partial charge is 0.508 e. The third-order valence-corrected chi connectivity index (χ3v) is 7.11. The number of primary amides is 1. The van der Waals surface area contributed by atoms with E-state index in [1.54, 1.807) is 19.1 Å². The molecule has 2 aromatic rings. The van der Waals surface area contributed by atoms with Crippen molar-refractivity contribution in [2.75, 3.05) is 29.9 Å². The Morgan fingerprint density at radius 1 is 1.03 bits per heavy atom. The van der Waals surface area contributed by atoms with E-state index in [-0.39, 0.29) is 23.5 Å². The molecule has 1 unspecified atom stereocenters. The maximum atomic E-state index is 12.6. The normalized spacial score (nSPS) is 15.1. The monoisotopic (exact) mass is 494 g/mol.